The summed E-state index contributed by atoms with van der Waals surface area (Å²) in [6.45, 7) is 10.3. The van der Waals surface area contributed by atoms with Gasteiger partial charge in [0.1, 0.15) is 0 Å². The van der Waals surface area contributed by atoms with Gasteiger partial charge in [-0.1, -0.05) is 15.9 Å². The Hall–Kier alpha value is -1.35. The third-order valence-corrected chi connectivity index (χ3v) is 4.00. The molecule has 0 unspecified atom stereocenters. The van der Waals surface area contributed by atoms with Gasteiger partial charge in [0.2, 0.25) is 0 Å². The minimum absolute atomic E-state index is 0.0263. The molecule has 0 saturated carbocycles. The number of nitrogens with one attached hydrogen (secondary N) is 2. The molecule has 0 aliphatic carbocycles. The summed E-state index contributed by atoms with van der Waals surface area (Å²) in [7, 11) is 0. The molecule has 0 spiro atoms. The maximum atomic E-state index is 12.0. The first-order valence-corrected chi connectivity index (χ1v) is 9.84. The molecule has 3 N–H and O–H groups in total. The number of amides is 1. The zero-order chi connectivity index (χ0) is 20.3. The van der Waals surface area contributed by atoms with E-state index in [-0.39, 0.29) is 24.7 Å². The summed E-state index contributed by atoms with van der Waals surface area (Å²) in [5, 5.41) is 14.8. The van der Waals surface area contributed by atoms with Gasteiger partial charge in [0.05, 0.1) is 26.4 Å². The number of aliphatic hydroxyl groups excluding tert-OH is 1. The molecule has 0 bridgehead atoms. The van der Waals surface area contributed by atoms with E-state index in [4.69, 9.17) is 19.3 Å². The van der Waals surface area contributed by atoms with Crippen molar-refractivity contribution < 1.29 is 24.1 Å². The summed E-state index contributed by atoms with van der Waals surface area (Å²) in [6, 6.07) is 3.71. The number of hydrogen-bond donors (Lipinski definition) is 3. The predicted molar refractivity (Wildman–Crippen MR) is 108 cm³/mol. The van der Waals surface area contributed by atoms with Crippen molar-refractivity contribution in [2.24, 2.45) is 0 Å². The summed E-state index contributed by atoms with van der Waals surface area (Å²) in [4.78, 5) is 12.0. The van der Waals surface area contributed by atoms with Crippen molar-refractivity contribution in [1.82, 2.24) is 10.6 Å². The van der Waals surface area contributed by atoms with Gasteiger partial charge >= 0.3 is 0 Å². The number of carbonyl (C=O) groups is 1. The standard InChI is InChI=1S/C19H31BrN2O5/c1-5-26-16-10-14(12-21-6-8-25-9-7-23)15(20)11-17(16)27-13-18(24)22-19(2,3)4/h10-11,21,23H,5-9,12-13H2,1-4H3,(H,22,24). The first-order chi connectivity index (χ1) is 12.8. The van der Waals surface area contributed by atoms with E-state index < -0.39 is 0 Å². The number of carbonyl (C=O) groups excluding carboxylic acids is 1. The van der Waals surface area contributed by atoms with Crippen LogP contribution in [0.2, 0.25) is 0 Å². The third-order valence-electron chi connectivity index (χ3n) is 3.26. The van der Waals surface area contributed by atoms with E-state index >= 15 is 0 Å². The van der Waals surface area contributed by atoms with Gasteiger partial charge in [-0.05, 0) is 45.4 Å². The third kappa shape index (κ3) is 9.95. The van der Waals surface area contributed by atoms with Crippen LogP contribution in [0.4, 0.5) is 0 Å². The summed E-state index contributed by atoms with van der Waals surface area (Å²) >= 11 is 3.54. The highest BCUT2D eigenvalue weighted by Crippen LogP contribution is 2.34. The van der Waals surface area contributed by atoms with Crippen LogP contribution >= 0.6 is 15.9 Å². The van der Waals surface area contributed by atoms with E-state index in [2.05, 4.69) is 26.6 Å². The molecular formula is C19H31BrN2O5. The number of aliphatic hydroxyl groups is 1. The Kier molecular flexibility index (Phi) is 10.7. The molecule has 1 aromatic carbocycles. The molecule has 0 heterocycles. The van der Waals surface area contributed by atoms with Gasteiger partial charge in [-0.25, -0.2) is 0 Å². The van der Waals surface area contributed by atoms with Crippen molar-refractivity contribution in [2.45, 2.75) is 39.8 Å². The van der Waals surface area contributed by atoms with E-state index in [0.29, 0.717) is 44.4 Å². The Morgan fingerprint density at radius 3 is 2.52 bits per heavy atom. The van der Waals surface area contributed by atoms with Crippen molar-refractivity contribution in [1.29, 1.82) is 0 Å². The maximum absolute atomic E-state index is 12.0. The van der Waals surface area contributed by atoms with E-state index in [0.717, 1.165) is 10.0 Å². The van der Waals surface area contributed by atoms with Crippen molar-refractivity contribution in [2.75, 3.05) is 39.6 Å². The van der Waals surface area contributed by atoms with Crippen LogP contribution in [-0.2, 0) is 16.1 Å². The quantitative estimate of drug-likeness (QED) is 0.426. The molecular weight excluding hydrogens is 416 g/mol. The van der Waals surface area contributed by atoms with Crippen LogP contribution in [0.15, 0.2) is 16.6 Å². The Morgan fingerprint density at radius 2 is 1.89 bits per heavy atom. The molecule has 0 atom stereocenters. The van der Waals surface area contributed by atoms with Gasteiger partial charge in [0.25, 0.3) is 5.91 Å². The SMILES string of the molecule is CCOc1cc(CNCCOCCO)c(Br)cc1OCC(=O)NC(C)(C)C. The van der Waals surface area contributed by atoms with Crippen LogP contribution in [0.1, 0.15) is 33.3 Å². The molecule has 0 aliphatic rings. The van der Waals surface area contributed by atoms with E-state index in [9.17, 15) is 4.79 Å². The highest BCUT2D eigenvalue weighted by Gasteiger charge is 2.16. The summed E-state index contributed by atoms with van der Waals surface area (Å²) in [6.07, 6.45) is 0. The van der Waals surface area contributed by atoms with Gasteiger partial charge in [-0.3, -0.25) is 4.79 Å². The number of hydrogen-bond acceptors (Lipinski definition) is 6. The lowest BCUT2D eigenvalue weighted by Crippen LogP contribution is -2.43. The van der Waals surface area contributed by atoms with Crippen LogP contribution in [0.3, 0.4) is 0 Å². The zero-order valence-electron chi connectivity index (χ0n) is 16.6. The molecule has 1 rings (SSSR count). The molecule has 1 amide bonds. The highest BCUT2D eigenvalue weighted by molar-refractivity contribution is 9.10. The van der Waals surface area contributed by atoms with Crippen molar-refractivity contribution >= 4 is 21.8 Å². The first kappa shape index (κ1) is 23.7. The zero-order valence-corrected chi connectivity index (χ0v) is 18.1. The Bertz CT molecular complexity index is 590. The van der Waals surface area contributed by atoms with Gasteiger partial charge in [0, 0.05) is 23.1 Å². The minimum Gasteiger partial charge on any atom is -0.490 e. The maximum Gasteiger partial charge on any atom is 0.258 e. The lowest BCUT2D eigenvalue weighted by Gasteiger charge is -2.21. The number of benzene rings is 1. The molecule has 7 nitrogen and oxygen atoms in total. The van der Waals surface area contributed by atoms with Gasteiger partial charge in [0.15, 0.2) is 18.1 Å². The topological polar surface area (TPSA) is 89.1 Å². The minimum atomic E-state index is -0.305. The fourth-order valence-electron chi connectivity index (χ4n) is 2.23. The normalized spacial score (nSPS) is 11.3. The molecule has 0 aromatic heterocycles. The number of ether oxygens (including phenoxy) is 3. The lowest BCUT2D eigenvalue weighted by molar-refractivity contribution is -0.124. The second kappa shape index (κ2) is 12.2. The molecule has 0 aliphatic heterocycles. The van der Waals surface area contributed by atoms with E-state index in [1.807, 2.05) is 39.8 Å². The second-order valence-corrected chi connectivity index (χ2v) is 7.78. The smallest absolute Gasteiger partial charge is 0.258 e. The first-order valence-electron chi connectivity index (χ1n) is 9.05. The molecule has 0 fully saturated rings. The summed E-state index contributed by atoms with van der Waals surface area (Å²) in [5.41, 5.74) is 0.701. The van der Waals surface area contributed by atoms with Gasteiger partial charge in [-0.15, -0.1) is 0 Å². The van der Waals surface area contributed by atoms with Crippen LogP contribution in [0.5, 0.6) is 11.5 Å². The molecule has 27 heavy (non-hydrogen) atoms. The average Bonchev–Trinajstić information content (AvgIpc) is 2.57. The molecule has 0 saturated heterocycles. The molecule has 0 radical (unpaired) electrons. The van der Waals surface area contributed by atoms with Crippen LogP contribution in [0.25, 0.3) is 0 Å². The Morgan fingerprint density at radius 1 is 1.19 bits per heavy atom. The largest absolute Gasteiger partial charge is 0.490 e. The van der Waals surface area contributed by atoms with Gasteiger partial charge in [-0.2, -0.15) is 0 Å². The molecule has 154 valence electrons. The number of rotatable bonds is 12. The van der Waals surface area contributed by atoms with Crippen molar-refractivity contribution in [3.63, 3.8) is 0 Å². The Labute approximate surface area is 169 Å². The predicted octanol–water partition coefficient (Wildman–Crippen LogP) is 2.24. The summed E-state index contributed by atoms with van der Waals surface area (Å²) in [5.74, 6) is 0.926. The van der Waals surface area contributed by atoms with Crippen LogP contribution in [-0.4, -0.2) is 56.1 Å². The van der Waals surface area contributed by atoms with E-state index in [1.54, 1.807) is 0 Å². The fourth-order valence-corrected chi connectivity index (χ4v) is 2.69. The van der Waals surface area contributed by atoms with Gasteiger partial charge < -0.3 is 30.0 Å². The molecule has 1 aromatic rings. The lowest BCUT2D eigenvalue weighted by atomic mass is 10.1. The molecule has 8 heteroatoms. The fraction of sp³-hybridized carbons (Fsp3) is 0.632. The van der Waals surface area contributed by atoms with Crippen molar-refractivity contribution in [3.05, 3.63) is 22.2 Å². The second-order valence-electron chi connectivity index (χ2n) is 6.92. The average molecular weight is 447 g/mol. The van der Waals surface area contributed by atoms with Crippen LogP contribution < -0.4 is 20.1 Å². The summed E-state index contributed by atoms with van der Waals surface area (Å²) < 4.78 is 17.4. The Balaban J connectivity index is 2.68. The van der Waals surface area contributed by atoms with E-state index in [1.165, 1.54) is 0 Å². The monoisotopic (exact) mass is 446 g/mol. The van der Waals surface area contributed by atoms with Crippen LogP contribution in [0, 0.1) is 0 Å². The highest BCUT2D eigenvalue weighted by atomic mass is 79.9. The van der Waals surface area contributed by atoms with Crippen molar-refractivity contribution in [3.8, 4) is 11.5 Å². The number of halogens is 1.